The topological polar surface area (TPSA) is 37.8 Å². The molecule has 0 fully saturated rings. The van der Waals surface area contributed by atoms with E-state index in [1.807, 2.05) is 60.7 Å². The third kappa shape index (κ3) is 2.40. The summed E-state index contributed by atoms with van der Waals surface area (Å²) in [7, 11) is 0. The number of H-pyrrole nitrogens is 1. The Labute approximate surface area is 150 Å². The molecule has 0 unspecified atom stereocenters. The minimum absolute atomic E-state index is 0.0985. The van der Waals surface area contributed by atoms with E-state index < -0.39 is 0 Å². The van der Waals surface area contributed by atoms with Gasteiger partial charge in [0.25, 0.3) is 5.56 Å². The molecule has 0 radical (unpaired) electrons. The first-order valence-electron chi connectivity index (χ1n) is 7.08. The van der Waals surface area contributed by atoms with Crippen LogP contribution < -0.4 is 5.56 Å². The summed E-state index contributed by atoms with van der Waals surface area (Å²) in [5, 5.41) is 2.72. The summed E-state index contributed by atoms with van der Waals surface area (Å²) in [6, 6.07) is 19.6. The van der Waals surface area contributed by atoms with E-state index in [4.69, 9.17) is 12.2 Å². The smallest absolute Gasteiger partial charge is 0.266 e. The van der Waals surface area contributed by atoms with Crippen molar-refractivity contribution in [2.24, 2.45) is 0 Å². The van der Waals surface area contributed by atoms with Crippen LogP contribution in [0.1, 0.15) is 0 Å². The van der Waals surface area contributed by atoms with Crippen molar-refractivity contribution in [3.05, 3.63) is 79.4 Å². The summed E-state index contributed by atoms with van der Waals surface area (Å²) < 4.78 is 3.00. The highest BCUT2D eigenvalue weighted by Crippen LogP contribution is 2.22. The monoisotopic (exact) mass is 430 g/mol. The molecular formula is C18H11IN2OS. The van der Waals surface area contributed by atoms with Crippen molar-refractivity contribution in [2.45, 2.75) is 0 Å². The van der Waals surface area contributed by atoms with Crippen LogP contribution in [0, 0.1) is 8.34 Å². The van der Waals surface area contributed by atoms with Gasteiger partial charge >= 0.3 is 0 Å². The van der Waals surface area contributed by atoms with E-state index in [1.165, 1.54) is 0 Å². The van der Waals surface area contributed by atoms with Crippen LogP contribution in [0.3, 0.4) is 0 Å². The molecule has 0 spiro atoms. The van der Waals surface area contributed by atoms with Gasteiger partial charge in [0.2, 0.25) is 0 Å². The van der Waals surface area contributed by atoms with E-state index in [9.17, 15) is 4.79 Å². The molecule has 0 bridgehead atoms. The van der Waals surface area contributed by atoms with Crippen molar-refractivity contribution in [3.63, 3.8) is 0 Å². The van der Waals surface area contributed by atoms with Crippen LogP contribution in [0.15, 0.2) is 65.5 Å². The number of fused-ring (bicyclic) bond motifs is 2. The van der Waals surface area contributed by atoms with Crippen LogP contribution in [-0.4, -0.2) is 9.55 Å². The molecule has 0 aliphatic heterocycles. The molecule has 4 aromatic rings. The van der Waals surface area contributed by atoms with Crippen LogP contribution >= 0.6 is 34.8 Å². The van der Waals surface area contributed by atoms with E-state index >= 15 is 0 Å². The highest BCUT2D eigenvalue weighted by atomic mass is 127. The maximum atomic E-state index is 13.0. The van der Waals surface area contributed by atoms with Gasteiger partial charge in [-0.2, -0.15) is 0 Å². The number of hydrogen-bond donors (Lipinski definition) is 1. The quantitative estimate of drug-likeness (QED) is 0.348. The average Bonchev–Trinajstić information content (AvgIpc) is 2.56. The zero-order valence-electron chi connectivity index (χ0n) is 11.9. The molecule has 112 valence electrons. The number of rotatable bonds is 1. The molecule has 0 saturated carbocycles. The molecule has 0 aliphatic carbocycles. The highest BCUT2D eigenvalue weighted by Gasteiger charge is 2.10. The fourth-order valence-electron chi connectivity index (χ4n) is 2.81. The molecule has 3 nitrogen and oxygen atoms in total. The van der Waals surface area contributed by atoms with E-state index in [0.29, 0.717) is 10.2 Å². The standard InChI is InChI=1S/C18H11IN2OS/c19-12-8-9-15-14(10-12)17(22)21(18(23)20-15)16-7-3-5-11-4-1-2-6-13(11)16/h1-10H,(H,20,23). The van der Waals surface area contributed by atoms with Crippen LogP contribution in [0.4, 0.5) is 0 Å². The molecule has 3 aromatic carbocycles. The second kappa shape index (κ2) is 5.58. The van der Waals surface area contributed by atoms with Gasteiger partial charge in [0.15, 0.2) is 4.77 Å². The van der Waals surface area contributed by atoms with Crippen molar-refractivity contribution in [1.82, 2.24) is 9.55 Å². The van der Waals surface area contributed by atoms with Gasteiger partial charge in [0, 0.05) is 8.96 Å². The molecule has 5 heteroatoms. The van der Waals surface area contributed by atoms with Crippen molar-refractivity contribution >= 4 is 56.5 Å². The number of aromatic amines is 1. The molecule has 23 heavy (non-hydrogen) atoms. The summed E-state index contributed by atoms with van der Waals surface area (Å²) in [5.41, 5.74) is 1.46. The minimum Gasteiger partial charge on any atom is -0.331 e. The SMILES string of the molecule is O=c1c2cc(I)ccc2[nH]c(=S)n1-c1cccc2ccccc12. The first kappa shape index (κ1) is 14.6. The lowest BCUT2D eigenvalue weighted by molar-refractivity contribution is 0.948. The van der Waals surface area contributed by atoms with E-state index in [0.717, 1.165) is 25.5 Å². The lowest BCUT2D eigenvalue weighted by Gasteiger charge is -2.11. The molecule has 0 amide bonds. The van der Waals surface area contributed by atoms with Gasteiger partial charge < -0.3 is 4.98 Å². The van der Waals surface area contributed by atoms with Crippen LogP contribution in [0.25, 0.3) is 27.4 Å². The van der Waals surface area contributed by atoms with Gasteiger partial charge in [-0.05, 0) is 64.5 Å². The predicted octanol–water partition coefficient (Wildman–Crippen LogP) is 4.81. The number of benzene rings is 3. The number of aromatic nitrogens is 2. The predicted molar refractivity (Wildman–Crippen MR) is 105 cm³/mol. The molecule has 1 aromatic heterocycles. The third-order valence-corrected chi connectivity index (χ3v) is 4.82. The van der Waals surface area contributed by atoms with Crippen LogP contribution in [-0.2, 0) is 0 Å². The number of hydrogen-bond acceptors (Lipinski definition) is 2. The maximum Gasteiger partial charge on any atom is 0.266 e. The molecule has 0 saturated heterocycles. The molecule has 1 heterocycles. The third-order valence-electron chi connectivity index (χ3n) is 3.87. The average molecular weight is 430 g/mol. The zero-order valence-corrected chi connectivity index (χ0v) is 14.9. The van der Waals surface area contributed by atoms with Crippen LogP contribution in [0.5, 0.6) is 0 Å². The fourth-order valence-corrected chi connectivity index (χ4v) is 3.59. The first-order valence-corrected chi connectivity index (χ1v) is 8.56. The normalized spacial score (nSPS) is 11.2. The Kier molecular flexibility index (Phi) is 3.54. The van der Waals surface area contributed by atoms with Gasteiger partial charge in [0.05, 0.1) is 16.6 Å². The Morgan fingerprint density at radius 2 is 1.74 bits per heavy atom. The van der Waals surface area contributed by atoms with Crippen molar-refractivity contribution < 1.29 is 0 Å². The van der Waals surface area contributed by atoms with Gasteiger partial charge in [-0.25, -0.2) is 0 Å². The Balaban J connectivity index is 2.17. The molecule has 0 atom stereocenters. The number of nitrogens with zero attached hydrogens (tertiary/aromatic N) is 1. The van der Waals surface area contributed by atoms with Crippen molar-refractivity contribution in [3.8, 4) is 5.69 Å². The zero-order chi connectivity index (χ0) is 16.0. The Hall–Kier alpha value is -1.99. The highest BCUT2D eigenvalue weighted by molar-refractivity contribution is 14.1. The maximum absolute atomic E-state index is 13.0. The first-order chi connectivity index (χ1) is 11.1. The van der Waals surface area contributed by atoms with E-state index in [1.54, 1.807) is 4.57 Å². The summed E-state index contributed by atoms with van der Waals surface area (Å²) in [4.78, 5) is 16.2. The number of halogens is 1. The molecule has 1 N–H and O–H groups in total. The van der Waals surface area contributed by atoms with E-state index in [-0.39, 0.29) is 5.56 Å². The second-order valence-electron chi connectivity index (χ2n) is 5.26. The number of nitrogens with one attached hydrogen (secondary N) is 1. The van der Waals surface area contributed by atoms with Crippen LogP contribution in [0.2, 0.25) is 0 Å². The van der Waals surface area contributed by atoms with Gasteiger partial charge in [-0.1, -0.05) is 36.4 Å². The summed E-state index contributed by atoms with van der Waals surface area (Å²) in [5.74, 6) is 0. The van der Waals surface area contributed by atoms with Crippen molar-refractivity contribution in [2.75, 3.05) is 0 Å². The van der Waals surface area contributed by atoms with Gasteiger partial charge in [-0.3, -0.25) is 9.36 Å². The summed E-state index contributed by atoms with van der Waals surface area (Å²) >= 11 is 7.66. The lowest BCUT2D eigenvalue weighted by Crippen LogP contribution is -2.20. The summed E-state index contributed by atoms with van der Waals surface area (Å²) in [6.45, 7) is 0. The van der Waals surface area contributed by atoms with Gasteiger partial charge in [-0.15, -0.1) is 0 Å². The Morgan fingerprint density at radius 1 is 0.957 bits per heavy atom. The molecule has 0 aliphatic rings. The van der Waals surface area contributed by atoms with Gasteiger partial charge in [0.1, 0.15) is 0 Å². The molecular weight excluding hydrogens is 419 g/mol. The Bertz CT molecular complexity index is 1170. The largest absolute Gasteiger partial charge is 0.331 e. The second-order valence-corrected chi connectivity index (χ2v) is 6.89. The lowest BCUT2D eigenvalue weighted by atomic mass is 10.1. The minimum atomic E-state index is -0.0985. The Morgan fingerprint density at radius 3 is 2.61 bits per heavy atom. The molecule has 4 rings (SSSR count). The fraction of sp³-hybridized carbons (Fsp3) is 0. The van der Waals surface area contributed by atoms with E-state index in [2.05, 4.69) is 27.6 Å². The summed E-state index contributed by atoms with van der Waals surface area (Å²) in [6.07, 6.45) is 0. The van der Waals surface area contributed by atoms with Crippen molar-refractivity contribution in [1.29, 1.82) is 0 Å².